The maximum Gasteiger partial charge on any atom is 0.134 e. The maximum atomic E-state index is 9.29. The largest absolute Gasteiger partial charge is 0.506 e. The molecule has 0 spiro atoms. The molecular weight excluding hydrogens is 198 g/mol. The number of nitrogens with two attached hydrogens (primary N) is 1. The minimum atomic E-state index is -0.273. The van der Waals surface area contributed by atoms with Crippen LogP contribution in [0.2, 0.25) is 5.02 Å². The lowest BCUT2D eigenvalue weighted by molar-refractivity contribution is 0.473. The van der Waals surface area contributed by atoms with E-state index < -0.39 is 0 Å². The van der Waals surface area contributed by atoms with Crippen LogP contribution in [0.4, 0.5) is 0 Å². The highest BCUT2D eigenvalue weighted by atomic mass is 35.5. The van der Waals surface area contributed by atoms with Gasteiger partial charge in [0.25, 0.3) is 0 Å². The third-order valence-electron chi connectivity index (χ3n) is 3.27. The first-order valence-corrected chi connectivity index (χ1v) is 5.02. The summed E-state index contributed by atoms with van der Waals surface area (Å²) in [5.74, 6) is 0.109. The van der Waals surface area contributed by atoms with Gasteiger partial charge in [-0.1, -0.05) is 31.5 Å². The summed E-state index contributed by atoms with van der Waals surface area (Å²) < 4.78 is 0. The van der Waals surface area contributed by atoms with Crippen LogP contribution in [-0.2, 0) is 5.54 Å². The van der Waals surface area contributed by atoms with Gasteiger partial charge in [-0.05, 0) is 29.5 Å². The highest BCUT2D eigenvalue weighted by molar-refractivity contribution is 6.32. The van der Waals surface area contributed by atoms with Crippen molar-refractivity contribution in [3.63, 3.8) is 0 Å². The van der Waals surface area contributed by atoms with Crippen LogP contribution in [0.25, 0.3) is 0 Å². The molecular formula is C11H14ClNO. The summed E-state index contributed by atoms with van der Waals surface area (Å²) in [6.07, 6.45) is 0.959. The van der Waals surface area contributed by atoms with E-state index in [1.165, 1.54) is 0 Å². The Bertz CT molecular complexity index is 389. The van der Waals surface area contributed by atoms with Crippen molar-refractivity contribution < 1.29 is 5.11 Å². The molecule has 1 unspecified atom stereocenters. The lowest BCUT2D eigenvalue weighted by Crippen LogP contribution is -2.25. The molecule has 2 rings (SSSR count). The summed E-state index contributed by atoms with van der Waals surface area (Å²) in [7, 11) is 0. The van der Waals surface area contributed by atoms with Gasteiger partial charge >= 0.3 is 0 Å². The molecule has 0 heterocycles. The first-order valence-electron chi connectivity index (χ1n) is 4.65. The highest BCUT2D eigenvalue weighted by Gasteiger charge is 2.59. The lowest BCUT2D eigenvalue weighted by atomic mass is 9.97. The quantitative estimate of drug-likeness (QED) is 0.750. The monoisotopic (exact) mass is 211 g/mol. The smallest absolute Gasteiger partial charge is 0.134 e. The lowest BCUT2D eigenvalue weighted by Gasteiger charge is -2.15. The molecule has 76 valence electrons. The SMILES string of the molecule is CC1(C)CC1(N)c1ccc(O)c(Cl)c1. The molecule has 1 fully saturated rings. The third-order valence-corrected chi connectivity index (χ3v) is 3.57. The van der Waals surface area contributed by atoms with Crippen molar-refractivity contribution in [3.05, 3.63) is 28.8 Å². The zero-order chi connectivity index (χ0) is 10.6. The van der Waals surface area contributed by atoms with E-state index in [0.717, 1.165) is 12.0 Å². The number of rotatable bonds is 1. The number of halogens is 1. The molecule has 0 saturated heterocycles. The first kappa shape index (κ1) is 9.81. The fourth-order valence-electron chi connectivity index (χ4n) is 1.93. The van der Waals surface area contributed by atoms with Gasteiger partial charge in [0.15, 0.2) is 0 Å². The predicted molar refractivity (Wildman–Crippen MR) is 57.4 cm³/mol. The van der Waals surface area contributed by atoms with Crippen LogP contribution in [0.1, 0.15) is 25.8 Å². The van der Waals surface area contributed by atoms with Crippen molar-refractivity contribution in [2.24, 2.45) is 11.1 Å². The van der Waals surface area contributed by atoms with E-state index in [9.17, 15) is 5.11 Å². The van der Waals surface area contributed by atoms with Crippen LogP contribution < -0.4 is 5.73 Å². The van der Waals surface area contributed by atoms with E-state index in [4.69, 9.17) is 17.3 Å². The molecule has 1 atom stereocenters. The van der Waals surface area contributed by atoms with Crippen molar-refractivity contribution in [1.29, 1.82) is 0 Å². The summed E-state index contributed by atoms with van der Waals surface area (Å²) in [6.45, 7) is 4.27. The number of phenolic OH excluding ortho intramolecular Hbond substituents is 1. The summed E-state index contributed by atoms with van der Waals surface area (Å²) >= 11 is 5.84. The van der Waals surface area contributed by atoms with Crippen molar-refractivity contribution in [1.82, 2.24) is 0 Å². The van der Waals surface area contributed by atoms with E-state index in [0.29, 0.717) is 5.02 Å². The Balaban J connectivity index is 2.40. The van der Waals surface area contributed by atoms with Gasteiger partial charge in [-0.2, -0.15) is 0 Å². The highest BCUT2D eigenvalue weighted by Crippen LogP contribution is 2.60. The minimum absolute atomic E-state index is 0.109. The standard InChI is InChI=1S/C11H14ClNO/c1-10(2)6-11(10,13)7-3-4-9(14)8(12)5-7/h3-5,14H,6,13H2,1-2H3. The van der Waals surface area contributed by atoms with Crippen molar-refractivity contribution in [3.8, 4) is 5.75 Å². The second-order valence-electron chi connectivity index (χ2n) is 4.70. The van der Waals surface area contributed by atoms with Gasteiger partial charge in [0.2, 0.25) is 0 Å². The number of hydrogen-bond acceptors (Lipinski definition) is 2. The predicted octanol–water partition coefficient (Wildman–Crippen LogP) is 2.63. The molecule has 3 N–H and O–H groups in total. The van der Waals surface area contributed by atoms with E-state index in [2.05, 4.69) is 13.8 Å². The average Bonchev–Trinajstić information content (AvgIpc) is 2.58. The van der Waals surface area contributed by atoms with Crippen LogP contribution in [0, 0.1) is 5.41 Å². The van der Waals surface area contributed by atoms with Crippen LogP contribution in [-0.4, -0.2) is 5.11 Å². The van der Waals surface area contributed by atoms with Gasteiger partial charge < -0.3 is 10.8 Å². The Kier molecular flexibility index (Phi) is 1.85. The molecule has 0 aliphatic heterocycles. The fourth-order valence-corrected chi connectivity index (χ4v) is 2.11. The fraction of sp³-hybridized carbons (Fsp3) is 0.455. The third kappa shape index (κ3) is 1.22. The van der Waals surface area contributed by atoms with Gasteiger partial charge in [-0.15, -0.1) is 0 Å². The molecule has 0 bridgehead atoms. The minimum Gasteiger partial charge on any atom is -0.506 e. The van der Waals surface area contributed by atoms with Crippen LogP contribution in [0.15, 0.2) is 18.2 Å². The molecule has 14 heavy (non-hydrogen) atoms. The van der Waals surface area contributed by atoms with Crippen LogP contribution in [0.3, 0.4) is 0 Å². The number of phenols is 1. The molecule has 1 aliphatic carbocycles. The number of hydrogen-bond donors (Lipinski definition) is 2. The van der Waals surface area contributed by atoms with Gasteiger partial charge in [-0.25, -0.2) is 0 Å². The van der Waals surface area contributed by atoms with E-state index in [-0.39, 0.29) is 16.7 Å². The Hall–Kier alpha value is -0.730. The van der Waals surface area contributed by atoms with E-state index >= 15 is 0 Å². The number of benzene rings is 1. The van der Waals surface area contributed by atoms with E-state index in [1.807, 2.05) is 6.07 Å². The topological polar surface area (TPSA) is 46.2 Å². The van der Waals surface area contributed by atoms with Gasteiger partial charge in [0.1, 0.15) is 5.75 Å². The zero-order valence-corrected chi connectivity index (χ0v) is 9.10. The Morgan fingerprint density at radius 1 is 1.43 bits per heavy atom. The number of aromatic hydroxyl groups is 1. The Morgan fingerprint density at radius 2 is 2.00 bits per heavy atom. The summed E-state index contributed by atoms with van der Waals surface area (Å²) in [5.41, 5.74) is 7.09. The summed E-state index contributed by atoms with van der Waals surface area (Å²) in [5, 5.41) is 9.66. The normalized spacial score (nSPS) is 28.9. The van der Waals surface area contributed by atoms with Crippen molar-refractivity contribution in [2.45, 2.75) is 25.8 Å². The molecule has 2 nitrogen and oxygen atoms in total. The van der Waals surface area contributed by atoms with Gasteiger partial charge in [0.05, 0.1) is 5.02 Å². The van der Waals surface area contributed by atoms with Crippen molar-refractivity contribution >= 4 is 11.6 Å². The Labute approximate surface area is 88.7 Å². The maximum absolute atomic E-state index is 9.29. The Morgan fingerprint density at radius 3 is 2.43 bits per heavy atom. The summed E-state index contributed by atoms with van der Waals surface area (Å²) in [4.78, 5) is 0. The first-order chi connectivity index (χ1) is 6.37. The molecule has 1 saturated carbocycles. The second-order valence-corrected chi connectivity index (χ2v) is 5.11. The van der Waals surface area contributed by atoms with Crippen LogP contribution >= 0.6 is 11.6 Å². The van der Waals surface area contributed by atoms with Gasteiger partial charge in [0, 0.05) is 5.54 Å². The molecule has 0 amide bonds. The molecule has 1 aromatic rings. The summed E-state index contributed by atoms with van der Waals surface area (Å²) in [6, 6.07) is 5.20. The zero-order valence-electron chi connectivity index (χ0n) is 8.34. The molecule has 1 aliphatic rings. The van der Waals surface area contributed by atoms with Gasteiger partial charge in [-0.3, -0.25) is 0 Å². The molecule has 1 aromatic carbocycles. The van der Waals surface area contributed by atoms with Crippen molar-refractivity contribution in [2.75, 3.05) is 0 Å². The molecule has 0 aromatic heterocycles. The molecule has 3 heteroatoms. The average molecular weight is 212 g/mol. The second kappa shape index (κ2) is 2.65. The van der Waals surface area contributed by atoms with E-state index in [1.54, 1.807) is 12.1 Å². The molecule has 0 radical (unpaired) electrons. The van der Waals surface area contributed by atoms with Crippen LogP contribution in [0.5, 0.6) is 5.75 Å².